The third-order valence-corrected chi connectivity index (χ3v) is 5.62. The molecule has 1 fully saturated rings. The minimum Gasteiger partial charge on any atom is -0.493 e. The van der Waals surface area contributed by atoms with Crippen molar-refractivity contribution < 1.29 is 19.4 Å². The first-order chi connectivity index (χ1) is 16.0. The van der Waals surface area contributed by atoms with Crippen molar-refractivity contribution >= 4 is 28.3 Å². The fourth-order valence-corrected chi connectivity index (χ4v) is 3.88. The first kappa shape index (κ1) is 22.4. The van der Waals surface area contributed by atoms with Gasteiger partial charge in [0.25, 0.3) is 5.91 Å². The van der Waals surface area contributed by atoms with Crippen LogP contribution in [0.4, 0.5) is 11.5 Å². The molecule has 8 nitrogen and oxygen atoms in total. The number of carbonyl (C=O) groups is 1. The Kier molecular flexibility index (Phi) is 6.61. The number of piperidine rings is 1. The van der Waals surface area contributed by atoms with Crippen molar-refractivity contribution in [3.8, 4) is 23.8 Å². The second kappa shape index (κ2) is 9.76. The maximum absolute atomic E-state index is 12.0. The van der Waals surface area contributed by atoms with E-state index in [-0.39, 0.29) is 12.0 Å². The largest absolute Gasteiger partial charge is 0.493 e. The van der Waals surface area contributed by atoms with Gasteiger partial charge in [0.1, 0.15) is 24.4 Å². The van der Waals surface area contributed by atoms with Crippen LogP contribution in [0.15, 0.2) is 42.7 Å². The lowest BCUT2D eigenvalue weighted by atomic mass is 10.1. The molecule has 8 heteroatoms. The van der Waals surface area contributed by atoms with Crippen LogP contribution in [0, 0.1) is 12.3 Å². The van der Waals surface area contributed by atoms with Gasteiger partial charge in [0.2, 0.25) is 0 Å². The molecule has 1 atom stereocenters. The van der Waals surface area contributed by atoms with E-state index in [1.54, 1.807) is 12.0 Å². The summed E-state index contributed by atoms with van der Waals surface area (Å²) < 4.78 is 11.8. The Morgan fingerprint density at radius 3 is 2.73 bits per heavy atom. The van der Waals surface area contributed by atoms with Crippen LogP contribution in [0.3, 0.4) is 0 Å². The second-order valence-electron chi connectivity index (χ2n) is 7.91. The molecule has 1 saturated heterocycles. The summed E-state index contributed by atoms with van der Waals surface area (Å²) >= 11 is 0. The summed E-state index contributed by atoms with van der Waals surface area (Å²) in [5.41, 5.74) is 2.30. The van der Waals surface area contributed by atoms with Gasteiger partial charge in [-0.2, -0.15) is 0 Å². The number of hydrogen-bond acceptors (Lipinski definition) is 7. The Bertz CT molecular complexity index is 1200. The van der Waals surface area contributed by atoms with E-state index in [0.29, 0.717) is 48.8 Å². The smallest absolute Gasteiger partial charge is 0.251 e. The fourth-order valence-electron chi connectivity index (χ4n) is 3.88. The van der Waals surface area contributed by atoms with Crippen molar-refractivity contribution in [3.63, 3.8) is 0 Å². The number of ether oxygens (including phenoxy) is 2. The number of aliphatic hydroxyl groups is 1. The summed E-state index contributed by atoms with van der Waals surface area (Å²) in [5.74, 6) is 4.16. The molecule has 1 aromatic heterocycles. The predicted molar refractivity (Wildman–Crippen MR) is 126 cm³/mol. The predicted octanol–water partition coefficient (Wildman–Crippen LogP) is 3.11. The Morgan fingerprint density at radius 1 is 1.24 bits per heavy atom. The van der Waals surface area contributed by atoms with Gasteiger partial charge in [-0.05, 0) is 31.2 Å². The van der Waals surface area contributed by atoms with E-state index >= 15 is 0 Å². The van der Waals surface area contributed by atoms with Crippen molar-refractivity contribution in [1.29, 1.82) is 0 Å². The van der Waals surface area contributed by atoms with E-state index in [0.717, 1.165) is 16.6 Å². The van der Waals surface area contributed by atoms with Crippen molar-refractivity contribution in [2.45, 2.75) is 32.0 Å². The van der Waals surface area contributed by atoms with Crippen LogP contribution in [0.2, 0.25) is 0 Å². The van der Waals surface area contributed by atoms with E-state index < -0.39 is 6.10 Å². The Morgan fingerprint density at radius 2 is 2.03 bits per heavy atom. The van der Waals surface area contributed by atoms with Crippen LogP contribution < -0.4 is 14.8 Å². The highest BCUT2D eigenvalue weighted by molar-refractivity contribution is 5.93. The lowest BCUT2D eigenvalue weighted by Gasteiger charge is -2.33. The van der Waals surface area contributed by atoms with Gasteiger partial charge < -0.3 is 24.8 Å². The molecule has 0 aliphatic carbocycles. The highest BCUT2D eigenvalue weighted by Gasteiger charge is 2.27. The van der Waals surface area contributed by atoms with Crippen LogP contribution in [-0.2, 0) is 4.79 Å². The molecule has 1 aliphatic rings. The highest BCUT2D eigenvalue weighted by Crippen LogP contribution is 2.36. The monoisotopic (exact) mass is 446 g/mol. The summed E-state index contributed by atoms with van der Waals surface area (Å²) in [6, 6.07) is 11.2. The maximum Gasteiger partial charge on any atom is 0.251 e. The number of anilines is 2. The minimum absolute atomic E-state index is 0.0808. The SMILES string of the molecule is C#Cc1cccc(Nc2ncnc3cc(OC)c(OC4CCN(C(=O)C(C)O)CC4)cc23)c1. The standard InChI is InChI=1S/C25H26N4O4/c1-4-17-6-5-7-18(12-17)28-24-20-13-23(22(32-3)14-21(20)26-15-27-24)33-19-8-10-29(11-9-19)25(31)16(2)30/h1,5-7,12-16,19,30H,8-11H2,2-3H3,(H,26,27,28). The normalized spacial score (nSPS) is 15.0. The van der Waals surface area contributed by atoms with Gasteiger partial charge in [0.15, 0.2) is 11.5 Å². The first-order valence-corrected chi connectivity index (χ1v) is 10.8. The zero-order valence-electron chi connectivity index (χ0n) is 18.6. The summed E-state index contributed by atoms with van der Waals surface area (Å²) in [5, 5.41) is 13.6. The highest BCUT2D eigenvalue weighted by atomic mass is 16.5. The quantitative estimate of drug-likeness (QED) is 0.562. The molecule has 1 aliphatic heterocycles. The Labute approximate surface area is 192 Å². The van der Waals surface area contributed by atoms with Gasteiger partial charge in [0, 0.05) is 48.6 Å². The van der Waals surface area contributed by atoms with Gasteiger partial charge in [0.05, 0.1) is 12.6 Å². The number of amides is 1. The minimum atomic E-state index is -0.990. The number of carbonyl (C=O) groups excluding carboxylic acids is 1. The lowest BCUT2D eigenvalue weighted by molar-refractivity contribution is -0.141. The number of hydrogen-bond donors (Lipinski definition) is 2. The molecule has 33 heavy (non-hydrogen) atoms. The molecule has 2 heterocycles. The summed E-state index contributed by atoms with van der Waals surface area (Å²) in [6.45, 7) is 2.55. The number of nitrogens with one attached hydrogen (secondary N) is 1. The zero-order valence-corrected chi connectivity index (χ0v) is 18.6. The van der Waals surface area contributed by atoms with Crippen molar-refractivity contribution in [1.82, 2.24) is 14.9 Å². The number of aromatic nitrogens is 2. The van der Waals surface area contributed by atoms with E-state index in [9.17, 15) is 9.90 Å². The molecule has 1 unspecified atom stereocenters. The molecule has 4 rings (SSSR count). The number of fused-ring (bicyclic) bond motifs is 1. The Hall–Kier alpha value is -3.83. The van der Waals surface area contributed by atoms with Gasteiger partial charge in [-0.25, -0.2) is 9.97 Å². The third-order valence-electron chi connectivity index (χ3n) is 5.62. The molecule has 2 N–H and O–H groups in total. The lowest BCUT2D eigenvalue weighted by Crippen LogP contribution is -2.45. The number of likely N-dealkylation sites (tertiary alicyclic amines) is 1. The number of nitrogens with zero attached hydrogens (tertiary/aromatic N) is 3. The number of terminal acetylenes is 1. The number of aliphatic hydroxyl groups excluding tert-OH is 1. The molecule has 0 spiro atoms. The van der Waals surface area contributed by atoms with Gasteiger partial charge >= 0.3 is 0 Å². The van der Waals surface area contributed by atoms with Crippen LogP contribution in [-0.4, -0.2) is 58.3 Å². The summed E-state index contributed by atoms with van der Waals surface area (Å²) in [7, 11) is 1.59. The first-order valence-electron chi connectivity index (χ1n) is 10.8. The van der Waals surface area contributed by atoms with Crippen LogP contribution in [0.1, 0.15) is 25.3 Å². The van der Waals surface area contributed by atoms with Gasteiger partial charge in [-0.15, -0.1) is 6.42 Å². The molecule has 1 amide bonds. The summed E-state index contributed by atoms with van der Waals surface area (Å²) in [6.07, 6.45) is 7.26. The third kappa shape index (κ3) is 4.99. The van der Waals surface area contributed by atoms with Gasteiger partial charge in [-0.1, -0.05) is 12.0 Å². The number of benzene rings is 2. The summed E-state index contributed by atoms with van der Waals surface area (Å²) in [4.78, 5) is 22.5. The topological polar surface area (TPSA) is 96.8 Å². The van der Waals surface area contributed by atoms with E-state index in [1.807, 2.05) is 36.4 Å². The average molecular weight is 447 g/mol. The second-order valence-corrected chi connectivity index (χ2v) is 7.91. The van der Waals surface area contributed by atoms with Crippen molar-refractivity contribution in [2.24, 2.45) is 0 Å². The van der Waals surface area contributed by atoms with E-state index in [1.165, 1.54) is 13.3 Å². The van der Waals surface area contributed by atoms with Crippen LogP contribution in [0.25, 0.3) is 10.9 Å². The van der Waals surface area contributed by atoms with E-state index in [2.05, 4.69) is 21.2 Å². The molecular weight excluding hydrogens is 420 g/mol. The number of methoxy groups -OCH3 is 1. The number of rotatable bonds is 6. The molecule has 0 saturated carbocycles. The van der Waals surface area contributed by atoms with Gasteiger partial charge in [-0.3, -0.25) is 4.79 Å². The molecule has 2 aromatic carbocycles. The molecule has 0 radical (unpaired) electrons. The van der Waals surface area contributed by atoms with Crippen LogP contribution in [0.5, 0.6) is 11.5 Å². The molecular formula is C25H26N4O4. The molecule has 3 aromatic rings. The van der Waals surface area contributed by atoms with Crippen LogP contribution >= 0.6 is 0 Å². The Balaban J connectivity index is 1.58. The molecule has 170 valence electrons. The fraction of sp³-hybridized carbons (Fsp3) is 0.320. The molecule has 0 bridgehead atoms. The maximum atomic E-state index is 12.0. The van der Waals surface area contributed by atoms with Crippen molar-refractivity contribution in [3.05, 3.63) is 48.3 Å². The van der Waals surface area contributed by atoms with E-state index in [4.69, 9.17) is 15.9 Å². The van der Waals surface area contributed by atoms with Crippen molar-refractivity contribution in [2.75, 3.05) is 25.5 Å². The zero-order chi connectivity index (χ0) is 23.4. The average Bonchev–Trinajstić information content (AvgIpc) is 2.84.